The van der Waals surface area contributed by atoms with Crippen LogP contribution < -0.4 is 10.2 Å². The number of aromatic nitrogens is 2. The van der Waals surface area contributed by atoms with Crippen LogP contribution in [0, 0.1) is 5.92 Å². The molecule has 0 aromatic carbocycles. The van der Waals surface area contributed by atoms with Crippen molar-refractivity contribution in [1.82, 2.24) is 14.9 Å². The van der Waals surface area contributed by atoms with Crippen LogP contribution in [-0.4, -0.2) is 35.7 Å². The molecule has 4 heteroatoms. The predicted octanol–water partition coefficient (Wildman–Crippen LogP) is 1.51. The lowest BCUT2D eigenvalue weighted by Gasteiger charge is -2.29. The number of nitrogens with zero attached hydrogens (tertiary/aromatic N) is 3. The molecule has 0 radical (unpaired) electrons. The second-order valence-electron chi connectivity index (χ2n) is 5.17. The summed E-state index contributed by atoms with van der Waals surface area (Å²) >= 11 is 0. The molecule has 1 aliphatic heterocycles. The lowest BCUT2D eigenvalue weighted by Crippen LogP contribution is -2.44. The summed E-state index contributed by atoms with van der Waals surface area (Å²) in [5, 5.41) is 3.39. The molecule has 96 valence electrons. The Morgan fingerprint density at radius 3 is 2.65 bits per heavy atom. The Morgan fingerprint density at radius 1 is 1.35 bits per heavy atom. The Labute approximate surface area is 104 Å². The summed E-state index contributed by atoms with van der Waals surface area (Å²) in [7, 11) is 0. The van der Waals surface area contributed by atoms with Crippen LogP contribution in [0.15, 0.2) is 6.20 Å². The monoisotopic (exact) mass is 236 g/mol. The van der Waals surface area contributed by atoms with E-state index in [1.165, 1.54) is 5.69 Å². The molecule has 0 spiro atoms. The van der Waals surface area contributed by atoms with Crippen LogP contribution >= 0.6 is 0 Å². The number of anilines is 1. The number of hydrogen-bond donors (Lipinski definition) is 1. The van der Waals surface area contributed by atoms with Gasteiger partial charge in [0.05, 0.1) is 5.69 Å². The second-order valence-corrected chi connectivity index (χ2v) is 5.17. The molecule has 0 amide bonds. The van der Waals surface area contributed by atoms with Crippen molar-refractivity contribution in [3.05, 3.63) is 11.9 Å². The van der Waals surface area contributed by atoms with Gasteiger partial charge in [-0.25, -0.2) is 4.98 Å². The first-order valence-electron chi connectivity index (χ1n) is 6.72. The zero-order chi connectivity index (χ0) is 12.3. The topological polar surface area (TPSA) is 33.1 Å². The summed E-state index contributed by atoms with van der Waals surface area (Å²) in [5.74, 6) is 1.83. The molecule has 2 heterocycles. The third-order valence-corrected chi connectivity index (χ3v) is 3.13. The summed E-state index contributed by atoms with van der Waals surface area (Å²) in [6.45, 7) is 12.0. The van der Waals surface area contributed by atoms with Crippen molar-refractivity contribution in [2.24, 2.45) is 5.92 Å². The van der Waals surface area contributed by atoms with E-state index in [9.17, 15) is 0 Å². The van der Waals surface area contributed by atoms with Crippen molar-refractivity contribution in [3.63, 3.8) is 0 Å². The van der Waals surface area contributed by atoms with E-state index in [1.807, 2.05) is 0 Å². The largest absolute Gasteiger partial charge is 0.340 e. The average Bonchev–Trinajstić information content (AvgIpc) is 2.72. The highest BCUT2D eigenvalue weighted by Crippen LogP contribution is 2.17. The van der Waals surface area contributed by atoms with Crippen LogP contribution in [0.3, 0.4) is 0 Å². The molecule has 4 nitrogen and oxygen atoms in total. The lowest BCUT2D eigenvalue weighted by molar-refractivity contribution is 0.506. The Balaban J connectivity index is 2.20. The maximum atomic E-state index is 4.77. The number of rotatable bonds is 4. The van der Waals surface area contributed by atoms with Crippen molar-refractivity contribution < 1.29 is 0 Å². The molecule has 1 aliphatic rings. The minimum Gasteiger partial charge on any atom is -0.340 e. The Morgan fingerprint density at radius 2 is 2.06 bits per heavy atom. The molecule has 1 aromatic heterocycles. The SMILES string of the molecule is CCc1cn(CC(C)C)c(N2CCNCC2)n1. The maximum Gasteiger partial charge on any atom is 0.205 e. The third-order valence-electron chi connectivity index (χ3n) is 3.13. The predicted molar refractivity (Wildman–Crippen MR) is 71.5 cm³/mol. The van der Waals surface area contributed by atoms with Gasteiger partial charge in [-0.2, -0.15) is 0 Å². The highest BCUT2D eigenvalue weighted by molar-refractivity contribution is 5.34. The number of nitrogens with one attached hydrogen (secondary N) is 1. The summed E-state index contributed by atoms with van der Waals surface area (Å²) in [5.41, 5.74) is 1.21. The number of aryl methyl sites for hydroxylation is 1. The average molecular weight is 236 g/mol. The number of piperazine rings is 1. The fraction of sp³-hybridized carbons (Fsp3) is 0.769. The van der Waals surface area contributed by atoms with E-state index in [4.69, 9.17) is 4.98 Å². The molecule has 17 heavy (non-hydrogen) atoms. The minimum absolute atomic E-state index is 0.663. The number of imidazole rings is 1. The summed E-state index contributed by atoms with van der Waals surface area (Å²) in [6, 6.07) is 0. The summed E-state index contributed by atoms with van der Waals surface area (Å²) in [6.07, 6.45) is 3.24. The van der Waals surface area contributed by atoms with Gasteiger partial charge >= 0.3 is 0 Å². The van der Waals surface area contributed by atoms with Gasteiger partial charge in [0, 0.05) is 38.9 Å². The van der Waals surface area contributed by atoms with Crippen LogP contribution in [0.2, 0.25) is 0 Å². The van der Waals surface area contributed by atoms with Crippen LogP contribution in [-0.2, 0) is 13.0 Å². The van der Waals surface area contributed by atoms with E-state index in [-0.39, 0.29) is 0 Å². The molecule has 0 bridgehead atoms. The molecule has 2 rings (SSSR count). The molecular formula is C13H24N4. The quantitative estimate of drug-likeness (QED) is 0.860. The van der Waals surface area contributed by atoms with Gasteiger partial charge in [-0.05, 0) is 12.3 Å². The molecule has 1 saturated heterocycles. The fourth-order valence-corrected chi connectivity index (χ4v) is 2.27. The Kier molecular flexibility index (Phi) is 4.05. The smallest absolute Gasteiger partial charge is 0.205 e. The summed E-state index contributed by atoms with van der Waals surface area (Å²) < 4.78 is 2.33. The van der Waals surface area contributed by atoms with Gasteiger partial charge in [0.15, 0.2) is 0 Å². The van der Waals surface area contributed by atoms with E-state index in [2.05, 4.69) is 41.8 Å². The molecule has 0 unspecified atom stereocenters. The molecule has 1 N–H and O–H groups in total. The van der Waals surface area contributed by atoms with E-state index in [0.717, 1.165) is 45.1 Å². The lowest BCUT2D eigenvalue weighted by atomic mass is 10.2. The van der Waals surface area contributed by atoms with Crippen LogP contribution in [0.5, 0.6) is 0 Å². The first kappa shape index (κ1) is 12.4. The highest BCUT2D eigenvalue weighted by atomic mass is 15.3. The van der Waals surface area contributed by atoms with Gasteiger partial charge in [0.25, 0.3) is 0 Å². The second kappa shape index (κ2) is 5.54. The Hall–Kier alpha value is -1.03. The summed E-state index contributed by atoms with van der Waals surface area (Å²) in [4.78, 5) is 7.17. The van der Waals surface area contributed by atoms with Gasteiger partial charge in [-0.3, -0.25) is 0 Å². The third kappa shape index (κ3) is 3.00. The van der Waals surface area contributed by atoms with E-state index in [1.54, 1.807) is 0 Å². The van der Waals surface area contributed by atoms with Crippen molar-refractivity contribution in [2.75, 3.05) is 31.1 Å². The zero-order valence-electron chi connectivity index (χ0n) is 11.2. The molecule has 0 saturated carbocycles. The highest BCUT2D eigenvalue weighted by Gasteiger charge is 2.17. The van der Waals surface area contributed by atoms with Crippen molar-refractivity contribution in [3.8, 4) is 0 Å². The standard InChI is InChI=1S/C13H24N4/c1-4-12-10-17(9-11(2)3)13(15-12)16-7-5-14-6-8-16/h10-11,14H,4-9H2,1-3H3. The fourth-order valence-electron chi connectivity index (χ4n) is 2.27. The number of hydrogen-bond acceptors (Lipinski definition) is 3. The normalized spacial score (nSPS) is 16.8. The van der Waals surface area contributed by atoms with Crippen LogP contribution in [0.4, 0.5) is 5.95 Å². The van der Waals surface area contributed by atoms with Crippen LogP contribution in [0.1, 0.15) is 26.5 Å². The first-order chi connectivity index (χ1) is 8.20. The van der Waals surface area contributed by atoms with Crippen molar-refractivity contribution in [2.45, 2.75) is 33.7 Å². The van der Waals surface area contributed by atoms with E-state index < -0.39 is 0 Å². The van der Waals surface area contributed by atoms with Gasteiger partial charge in [0.2, 0.25) is 5.95 Å². The van der Waals surface area contributed by atoms with Crippen molar-refractivity contribution >= 4 is 5.95 Å². The van der Waals surface area contributed by atoms with Gasteiger partial charge in [-0.1, -0.05) is 20.8 Å². The zero-order valence-corrected chi connectivity index (χ0v) is 11.2. The van der Waals surface area contributed by atoms with E-state index in [0.29, 0.717) is 5.92 Å². The van der Waals surface area contributed by atoms with Gasteiger partial charge in [0.1, 0.15) is 0 Å². The van der Waals surface area contributed by atoms with Crippen LogP contribution in [0.25, 0.3) is 0 Å². The Bertz CT molecular complexity index is 350. The van der Waals surface area contributed by atoms with E-state index >= 15 is 0 Å². The molecule has 1 fully saturated rings. The van der Waals surface area contributed by atoms with Gasteiger partial charge < -0.3 is 14.8 Å². The van der Waals surface area contributed by atoms with Gasteiger partial charge in [-0.15, -0.1) is 0 Å². The molecule has 1 aromatic rings. The molecule has 0 atom stereocenters. The minimum atomic E-state index is 0.663. The molecular weight excluding hydrogens is 212 g/mol. The first-order valence-corrected chi connectivity index (χ1v) is 6.72. The molecule has 0 aliphatic carbocycles. The van der Waals surface area contributed by atoms with Crippen molar-refractivity contribution in [1.29, 1.82) is 0 Å². The maximum absolute atomic E-state index is 4.77.